The molecule has 0 unspecified atom stereocenters. The highest BCUT2D eigenvalue weighted by molar-refractivity contribution is 7.89. The first-order chi connectivity index (χ1) is 10.3. The van der Waals surface area contributed by atoms with E-state index >= 15 is 0 Å². The molecule has 5 N–H and O–H groups in total. The summed E-state index contributed by atoms with van der Waals surface area (Å²) in [6, 6.07) is 5.83. The van der Waals surface area contributed by atoms with Crippen molar-refractivity contribution in [1.29, 1.82) is 0 Å². The summed E-state index contributed by atoms with van der Waals surface area (Å²) in [5.41, 5.74) is 5.06. The predicted octanol–water partition coefficient (Wildman–Crippen LogP) is -0.769. The molecule has 23 heavy (non-hydrogen) atoms. The number of carbonyl (C=O) groups excluding carboxylic acids is 2. The second-order valence-electron chi connectivity index (χ2n) is 4.19. The summed E-state index contributed by atoms with van der Waals surface area (Å²) in [6.45, 7) is -0.327. The van der Waals surface area contributed by atoms with E-state index in [9.17, 15) is 18.0 Å². The normalized spacial score (nSPS) is 10.5. The van der Waals surface area contributed by atoms with Gasteiger partial charge in [-0.05, 0) is 18.2 Å². The lowest BCUT2D eigenvalue weighted by atomic mass is 10.4. The number of amides is 2. The van der Waals surface area contributed by atoms with Crippen molar-refractivity contribution in [2.75, 3.05) is 26.2 Å². The Hall–Kier alpha value is -1.39. The van der Waals surface area contributed by atoms with Gasteiger partial charge in [0, 0.05) is 18.1 Å². The molecule has 0 aliphatic rings. The third kappa shape index (κ3) is 8.14. The van der Waals surface area contributed by atoms with E-state index in [1.54, 1.807) is 6.07 Å². The van der Waals surface area contributed by atoms with Crippen LogP contribution in [0.5, 0.6) is 0 Å². The molecule has 0 aliphatic heterocycles. The number of nitrogens with one attached hydrogen (secondary N) is 3. The lowest BCUT2D eigenvalue weighted by Gasteiger charge is -2.08. The Bertz CT molecular complexity index is 640. The summed E-state index contributed by atoms with van der Waals surface area (Å²) in [6.07, 6.45) is 0. The maximum absolute atomic E-state index is 11.9. The van der Waals surface area contributed by atoms with Crippen molar-refractivity contribution in [1.82, 2.24) is 15.4 Å². The molecule has 1 aromatic carbocycles. The zero-order valence-electron chi connectivity index (χ0n) is 12.0. The van der Waals surface area contributed by atoms with Crippen molar-refractivity contribution in [3.05, 3.63) is 29.3 Å². The van der Waals surface area contributed by atoms with E-state index in [1.165, 1.54) is 18.2 Å². The standard InChI is InChI=1S/C12H17ClN4O4S.ClH/c13-9-2-1-3-10(6-9)22(20,21)17-5-4-15-12(19)8-16-11(18)7-14;/h1-3,6,17H,4-5,7-8,14H2,(H,15,19)(H,16,18);1H. The SMILES string of the molecule is Cl.NCC(=O)NCC(=O)NCCNS(=O)(=O)c1cccc(Cl)c1. The maximum Gasteiger partial charge on any atom is 0.240 e. The summed E-state index contributed by atoms with van der Waals surface area (Å²) in [4.78, 5) is 22.2. The molecule has 0 fully saturated rings. The molecule has 1 aromatic rings. The zero-order valence-corrected chi connectivity index (χ0v) is 14.4. The number of rotatable bonds is 8. The summed E-state index contributed by atoms with van der Waals surface area (Å²) in [7, 11) is -3.68. The van der Waals surface area contributed by atoms with Crippen LogP contribution in [0.1, 0.15) is 0 Å². The molecule has 0 bridgehead atoms. The first kappa shape index (κ1) is 21.6. The number of carbonyl (C=O) groups is 2. The van der Waals surface area contributed by atoms with Gasteiger partial charge in [0.15, 0.2) is 0 Å². The molecule has 0 saturated heterocycles. The fourth-order valence-electron chi connectivity index (χ4n) is 1.42. The van der Waals surface area contributed by atoms with E-state index in [2.05, 4.69) is 15.4 Å². The molecule has 1 rings (SSSR count). The smallest absolute Gasteiger partial charge is 0.240 e. The molecule has 0 radical (unpaired) electrons. The number of nitrogens with two attached hydrogens (primary N) is 1. The molecule has 0 saturated carbocycles. The average molecular weight is 385 g/mol. The Morgan fingerprint density at radius 1 is 1.13 bits per heavy atom. The first-order valence-corrected chi connectivity index (χ1v) is 8.20. The van der Waals surface area contributed by atoms with Gasteiger partial charge in [0.2, 0.25) is 21.8 Å². The molecule has 130 valence electrons. The third-order valence-electron chi connectivity index (χ3n) is 2.48. The molecular formula is C12H18Cl2N4O4S. The van der Waals surface area contributed by atoms with E-state index in [0.717, 1.165) is 0 Å². The quantitative estimate of drug-likeness (QED) is 0.437. The third-order valence-corrected chi connectivity index (χ3v) is 4.17. The topological polar surface area (TPSA) is 130 Å². The van der Waals surface area contributed by atoms with Crippen molar-refractivity contribution in [2.24, 2.45) is 5.73 Å². The minimum atomic E-state index is -3.68. The van der Waals surface area contributed by atoms with Crippen molar-refractivity contribution in [3.8, 4) is 0 Å². The zero-order chi connectivity index (χ0) is 16.6. The number of halogens is 2. The summed E-state index contributed by atoms with van der Waals surface area (Å²) in [5, 5.41) is 5.05. The molecule has 11 heteroatoms. The van der Waals surface area contributed by atoms with Crippen molar-refractivity contribution >= 4 is 45.8 Å². The Kier molecular flexibility index (Phi) is 9.77. The molecular weight excluding hydrogens is 367 g/mol. The second-order valence-corrected chi connectivity index (χ2v) is 6.39. The minimum absolute atomic E-state index is 0. The molecule has 0 atom stereocenters. The Morgan fingerprint density at radius 2 is 1.83 bits per heavy atom. The van der Waals surface area contributed by atoms with Crippen LogP contribution in [0.2, 0.25) is 5.02 Å². The van der Waals surface area contributed by atoms with Gasteiger partial charge in [-0.15, -0.1) is 12.4 Å². The highest BCUT2D eigenvalue weighted by atomic mass is 35.5. The van der Waals surface area contributed by atoms with Crippen LogP contribution >= 0.6 is 24.0 Å². The summed E-state index contributed by atoms with van der Waals surface area (Å²) >= 11 is 5.73. The summed E-state index contributed by atoms with van der Waals surface area (Å²) < 4.78 is 26.2. The highest BCUT2D eigenvalue weighted by Gasteiger charge is 2.13. The number of hydrogen-bond donors (Lipinski definition) is 4. The number of sulfonamides is 1. The van der Waals surface area contributed by atoms with E-state index in [1.807, 2.05) is 0 Å². The minimum Gasteiger partial charge on any atom is -0.353 e. The van der Waals surface area contributed by atoms with Crippen LogP contribution in [0.3, 0.4) is 0 Å². The van der Waals surface area contributed by atoms with E-state index < -0.39 is 21.8 Å². The van der Waals surface area contributed by atoms with Crippen LogP contribution in [-0.2, 0) is 19.6 Å². The van der Waals surface area contributed by atoms with Crippen LogP contribution in [-0.4, -0.2) is 46.4 Å². The van der Waals surface area contributed by atoms with Gasteiger partial charge in [-0.25, -0.2) is 13.1 Å². The van der Waals surface area contributed by atoms with Gasteiger partial charge in [0.25, 0.3) is 0 Å². The van der Waals surface area contributed by atoms with E-state index in [-0.39, 0.29) is 43.5 Å². The largest absolute Gasteiger partial charge is 0.353 e. The van der Waals surface area contributed by atoms with Gasteiger partial charge in [0.1, 0.15) is 0 Å². The van der Waals surface area contributed by atoms with Crippen molar-refractivity contribution < 1.29 is 18.0 Å². The Morgan fingerprint density at radius 3 is 2.43 bits per heavy atom. The predicted molar refractivity (Wildman–Crippen MR) is 89.0 cm³/mol. The van der Waals surface area contributed by atoms with E-state index in [4.69, 9.17) is 17.3 Å². The van der Waals surface area contributed by atoms with E-state index in [0.29, 0.717) is 5.02 Å². The molecule has 0 aromatic heterocycles. The fraction of sp³-hybridized carbons (Fsp3) is 0.333. The Labute approximate surface area is 145 Å². The second kappa shape index (κ2) is 10.4. The van der Waals surface area contributed by atoms with Gasteiger partial charge in [-0.3, -0.25) is 9.59 Å². The van der Waals surface area contributed by atoms with Gasteiger partial charge < -0.3 is 16.4 Å². The molecule has 0 heterocycles. The van der Waals surface area contributed by atoms with Crippen LogP contribution in [0.25, 0.3) is 0 Å². The number of benzene rings is 1. The van der Waals surface area contributed by atoms with Gasteiger partial charge in [0.05, 0.1) is 18.0 Å². The molecule has 2 amide bonds. The maximum atomic E-state index is 11.9. The first-order valence-electron chi connectivity index (χ1n) is 6.34. The van der Waals surface area contributed by atoms with Crippen LogP contribution in [0.4, 0.5) is 0 Å². The monoisotopic (exact) mass is 384 g/mol. The summed E-state index contributed by atoms with van der Waals surface area (Å²) in [5.74, 6) is -0.888. The molecule has 0 aliphatic carbocycles. The highest BCUT2D eigenvalue weighted by Crippen LogP contribution is 2.14. The molecule has 0 spiro atoms. The molecule has 8 nitrogen and oxygen atoms in total. The van der Waals surface area contributed by atoms with Crippen molar-refractivity contribution in [3.63, 3.8) is 0 Å². The average Bonchev–Trinajstić information content (AvgIpc) is 2.49. The van der Waals surface area contributed by atoms with Gasteiger partial charge >= 0.3 is 0 Å². The fourth-order valence-corrected chi connectivity index (χ4v) is 2.75. The lowest BCUT2D eigenvalue weighted by Crippen LogP contribution is -2.41. The number of hydrogen-bond acceptors (Lipinski definition) is 5. The van der Waals surface area contributed by atoms with Crippen molar-refractivity contribution in [2.45, 2.75) is 4.90 Å². The van der Waals surface area contributed by atoms with Gasteiger partial charge in [-0.2, -0.15) is 0 Å². The van der Waals surface area contributed by atoms with Crippen LogP contribution in [0.15, 0.2) is 29.2 Å². The van der Waals surface area contributed by atoms with Crippen LogP contribution in [0, 0.1) is 0 Å². The lowest BCUT2D eigenvalue weighted by molar-refractivity contribution is -0.125. The van der Waals surface area contributed by atoms with Gasteiger partial charge in [-0.1, -0.05) is 17.7 Å². The van der Waals surface area contributed by atoms with Crippen LogP contribution < -0.4 is 21.1 Å². The Balaban J connectivity index is 0.00000484.